The fourth-order valence-corrected chi connectivity index (χ4v) is 3.17. The molecule has 0 radical (unpaired) electrons. The summed E-state index contributed by atoms with van der Waals surface area (Å²) in [4.78, 5) is 24.1. The van der Waals surface area contributed by atoms with Crippen molar-refractivity contribution in [2.75, 3.05) is 26.4 Å². The van der Waals surface area contributed by atoms with Gasteiger partial charge in [-0.05, 0) is 48.3 Å². The van der Waals surface area contributed by atoms with Gasteiger partial charge in [-0.2, -0.15) is 0 Å². The zero-order valence-corrected chi connectivity index (χ0v) is 14.2. The molecule has 0 aromatic heterocycles. The van der Waals surface area contributed by atoms with Gasteiger partial charge in [0.15, 0.2) is 0 Å². The van der Waals surface area contributed by atoms with Crippen LogP contribution in [0.3, 0.4) is 0 Å². The summed E-state index contributed by atoms with van der Waals surface area (Å²) >= 11 is 0. The average molecular weight is 347 g/mol. The summed E-state index contributed by atoms with van der Waals surface area (Å²) in [5, 5.41) is 12.4. The first-order chi connectivity index (χ1) is 12.1. The summed E-state index contributed by atoms with van der Waals surface area (Å²) in [5.41, 5.74) is 2.59. The highest BCUT2D eigenvalue weighted by atomic mass is 16.5. The highest BCUT2D eigenvalue weighted by molar-refractivity contribution is 6.62. The number of ether oxygens (including phenoxy) is 2. The molecule has 1 aromatic rings. The first kappa shape index (κ1) is 17.9. The molecule has 1 aromatic carbocycles. The quantitative estimate of drug-likeness (QED) is 0.571. The van der Waals surface area contributed by atoms with E-state index in [1.807, 2.05) is 0 Å². The van der Waals surface area contributed by atoms with Crippen molar-refractivity contribution in [2.45, 2.75) is 26.4 Å². The van der Waals surface area contributed by atoms with Crippen LogP contribution in [0.4, 0.5) is 0 Å². The maximum Gasteiger partial charge on any atom is 0.492 e. The van der Waals surface area contributed by atoms with E-state index in [0.29, 0.717) is 48.9 Å². The Kier molecular flexibility index (Phi) is 5.72. The van der Waals surface area contributed by atoms with Gasteiger partial charge in [-0.25, -0.2) is 0 Å². The average Bonchev–Trinajstić information content (AvgIpc) is 3.01. The third-order valence-electron chi connectivity index (χ3n) is 4.71. The number of amides is 1. The number of hydrogen-bond acceptors (Lipinski definition) is 6. The minimum Gasteiger partial charge on any atom is -0.464 e. The van der Waals surface area contributed by atoms with Crippen LogP contribution in [0.5, 0.6) is 0 Å². The molecule has 0 atom stereocenters. The van der Waals surface area contributed by atoms with Crippen LogP contribution in [0, 0.1) is 12.8 Å². The van der Waals surface area contributed by atoms with Gasteiger partial charge in [-0.1, -0.05) is 6.07 Å². The zero-order chi connectivity index (χ0) is 17.8. The molecule has 8 heteroatoms. The third-order valence-corrected chi connectivity index (χ3v) is 4.71. The molecule has 0 aliphatic carbocycles. The standard InChI is InChI=1S/C17H22BNO6/c1-11-14(3-2-13-10-25-18(22)16(11)13)17(21)19-8-15(20)24-9-12-4-6-23-7-5-12/h2-3,12,22H,4-10H2,1H3,(H,19,21). The van der Waals surface area contributed by atoms with Gasteiger partial charge in [0.25, 0.3) is 5.91 Å². The zero-order valence-electron chi connectivity index (χ0n) is 14.2. The monoisotopic (exact) mass is 347 g/mol. The largest absolute Gasteiger partial charge is 0.492 e. The second kappa shape index (κ2) is 7.99. The summed E-state index contributed by atoms with van der Waals surface area (Å²) in [6.45, 7) is 3.67. The van der Waals surface area contributed by atoms with E-state index in [1.54, 1.807) is 19.1 Å². The van der Waals surface area contributed by atoms with Crippen molar-refractivity contribution in [3.05, 3.63) is 28.8 Å². The lowest BCUT2D eigenvalue weighted by Crippen LogP contribution is -2.35. The predicted molar refractivity (Wildman–Crippen MR) is 90.4 cm³/mol. The Morgan fingerprint density at radius 1 is 1.36 bits per heavy atom. The molecule has 25 heavy (non-hydrogen) atoms. The summed E-state index contributed by atoms with van der Waals surface area (Å²) in [7, 11) is -1.01. The van der Waals surface area contributed by atoms with Crippen LogP contribution >= 0.6 is 0 Å². The normalized spacial score (nSPS) is 17.3. The maximum absolute atomic E-state index is 12.3. The highest BCUT2D eigenvalue weighted by Gasteiger charge is 2.31. The van der Waals surface area contributed by atoms with Crippen LogP contribution in [0.1, 0.15) is 34.3 Å². The van der Waals surface area contributed by atoms with Crippen LogP contribution in [-0.4, -0.2) is 50.4 Å². The summed E-state index contributed by atoms with van der Waals surface area (Å²) in [5.74, 6) is -0.502. The van der Waals surface area contributed by atoms with Gasteiger partial charge in [0.2, 0.25) is 0 Å². The van der Waals surface area contributed by atoms with E-state index < -0.39 is 13.1 Å². The van der Waals surface area contributed by atoms with Crippen molar-refractivity contribution >= 4 is 24.5 Å². The van der Waals surface area contributed by atoms with Crippen molar-refractivity contribution in [1.29, 1.82) is 0 Å². The highest BCUT2D eigenvalue weighted by Crippen LogP contribution is 2.16. The van der Waals surface area contributed by atoms with Crippen molar-refractivity contribution in [3.63, 3.8) is 0 Å². The van der Waals surface area contributed by atoms with Crippen molar-refractivity contribution in [1.82, 2.24) is 5.32 Å². The lowest BCUT2D eigenvalue weighted by Gasteiger charge is -2.21. The van der Waals surface area contributed by atoms with Gasteiger partial charge >= 0.3 is 13.1 Å². The van der Waals surface area contributed by atoms with Crippen molar-refractivity contribution < 1.29 is 28.7 Å². The van der Waals surface area contributed by atoms with E-state index >= 15 is 0 Å². The fraction of sp³-hybridized carbons (Fsp3) is 0.529. The molecule has 134 valence electrons. The lowest BCUT2D eigenvalue weighted by atomic mass is 9.75. The molecule has 2 heterocycles. The molecule has 0 saturated carbocycles. The smallest absolute Gasteiger partial charge is 0.464 e. The molecule has 0 spiro atoms. The Morgan fingerprint density at radius 3 is 2.88 bits per heavy atom. The van der Waals surface area contributed by atoms with Crippen molar-refractivity contribution in [3.8, 4) is 0 Å². The number of hydrogen-bond donors (Lipinski definition) is 2. The maximum atomic E-state index is 12.3. The molecule has 1 fully saturated rings. The Balaban J connectivity index is 1.51. The molecule has 3 rings (SSSR count). The number of carbonyl (C=O) groups is 2. The molecule has 0 unspecified atom stereocenters. The molecule has 1 amide bonds. The Labute approximate surface area is 146 Å². The summed E-state index contributed by atoms with van der Waals surface area (Å²) < 4.78 is 15.6. The molecule has 2 aliphatic heterocycles. The molecule has 2 aliphatic rings. The Morgan fingerprint density at radius 2 is 2.12 bits per heavy atom. The van der Waals surface area contributed by atoms with Crippen LogP contribution < -0.4 is 10.8 Å². The molecular weight excluding hydrogens is 325 g/mol. The second-order valence-corrected chi connectivity index (χ2v) is 6.40. The van der Waals surface area contributed by atoms with E-state index in [1.165, 1.54) is 0 Å². The minimum absolute atomic E-state index is 0.183. The summed E-state index contributed by atoms with van der Waals surface area (Å²) in [6.07, 6.45) is 1.77. The SMILES string of the molecule is Cc1c(C(=O)NCC(=O)OCC2CCOCC2)ccc2c1B(O)OC2. The molecule has 2 N–H and O–H groups in total. The van der Waals surface area contributed by atoms with E-state index in [2.05, 4.69) is 5.32 Å². The Hall–Kier alpha value is -1.90. The van der Waals surface area contributed by atoms with E-state index in [4.69, 9.17) is 14.1 Å². The number of rotatable bonds is 5. The molecular formula is C17H22BNO6. The van der Waals surface area contributed by atoms with Gasteiger partial charge < -0.3 is 24.5 Å². The van der Waals surface area contributed by atoms with E-state index in [0.717, 1.165) is 18.4 Å². The number of nitrogens with one attached hydrogen (secondary N) is 1. The predicted octanol–water partition coefficient (Wildman–Crippen LogP) is -0.0877. The topological polar surface area (TPSA) is 94.1 Å². The number of carbonyl (C=O) groups excluding carboxylic acids is 2. The molecule has 0 bridgehead atoms. The first-order valence-electron chi connectivity index (χ1n) is 8.50. The van der Waals surface area contributed by atoms with E-state index in [9.17, 15) is 14.6 Å². The van der Waals surface area contributed by atoms with Crippen LogP contribution in [0.2, 0.25) is 0 Å². The third kappa shape index (κ3) is 4.20. The second-order valence-electron chi connectivity index (χ2n) is 6.40. The van der Waals surface area contributed by atoms with Crippen molar-refractivity contribution in [2.24, 2.45) is 5.92 Å². The minimum atomic E-state index is -1.01. The van der Waals surface area contributed by atoms with Gasteiger partial charge in [0.1, 0.15) is 6.54 Å². The number of fused-ring (bicyclic) bond motifs is 1. The fourth-order valence-electron chi connectivity index (χ4n) is 3.17. The van der Waals surface area contributed by atoms with E-state index in [-0.39, 0.29) is 12.5 Å². The van der Waals surface area contributed by atoms with Gasteiger partial charge in [0, 0.05) is 18.8 Å². The van der Waals surface area contributed by atoms with Crippen LogP contribution in [-0.2, 0) is 25.5 Å². The molecule has 7 nitrogen and oxygen atoms in total. The first-order valence-corrected chi connectivity index (χ1v) is 8.50. The van der Waals surface area contributed by atoms with Crippen LogP contribution in [0.15, 0.2) is 12.1 Å². The lowest BCUT2D eigenvalue weighted by molar-refractivity contribution is -0.144. The van der Waals surface area contributed by atoms with Gasteiger partial charge in [-0.15, -0.1) is 0 Å². The number of benzene rings is 1. The van der Waals surface area contributed by atoms with Gasteiger partial charge in [-0.3, -0.25) is 9.59 Å². The summed E-state index contributed by atoms with van der Waals surface area (Å²) in [6, 6.07) is 3.44. The Bertz CT molecular complexity index is 659. The molecule has 1 saturated heterocycles. The number of esters is 1. The van der Waals surface area contributed by atoms with Crippen LogP contribution in [0.25, 0.3) is 0 Å². The van der Waals surface area contributed by atoms with Gasteiger partial charge in [0.05, 0.1) is 13.2 Å².